The van der Waals surface area contributed by atoms with Crippen molar-refractivity contribution in [1.29, 1.82) is 0 Å². The van der Waals surface area contributed by atoms with Gasteiger partial charge in [0.25, 0.3) is 0 Å². The van der Waals surface area contributed by atoms with Gasteiger partial charge in [0, 0.05) is 5.39 Å². The third kappa shape index (κ3) is 2.38. The molecule has 0 aliphatic heterocycles. The summed E-state index contributed by atoms with van der Waals surface area (Å²) in [5.74, 6) is -0.890. The predicted octanol–water partition coefficient (Wildman–Crippen LogP) is 3.05. The Labute approximate surface area is 112 Å². The zero-order valence-corrected chi connectivity index (χ0v) is 10.6. The summed E-state index contributed by atoms with van der Waals surface area (Å²) in [5, 5.41) is 0.359. The summed E-state index contributed by atoms with van der Waals surface area (Å²) in [7, 11) is 2.34. The number of rotatable bonds is 2. The van der Waals surface area contributed by atoms with Crippen molar-refractivity contribution in [2.24, 2.45) is 0 Å². The van der Waals surface area contributed by atoms with Crippen molar-refractivity contribution in [2.45, 2.75) is 6.18 Å². The van der Waals surface area contributed by atoms with Crippen LogP contribution in [0.5, 0.6) is 5.75 Å². The van der Waals surface area contributed by atoms with Gasteiger partial charge in [-0.3, -0.25) is 0 Å². The first kappa shape index (κ1) is 14.1. The fraction of sp³-hybridized carbons (Fsp3) is 0.231. The number of alkyl halides is 3. The van der Waals surface area contributed by atoms with Gasteiger partial charge in [-0.05, 0) is 12.1 Å². The van der Waals surface area contributed by atoms with Crippen molar-refractivity contribution in [3.05, 3.63) is 35.5 Å². The molecule has 0 N–H and O–H groups in total. The molecule has 1 aromatic carbocycles. The molecular weight excluding hydrogens is 275 g/mol. The molecule has 0 aliphatic carbocycles. The van der Waals surface area contributed by atoms with Crippen LogP contribution in [-0.4, -0.2) is 25.2 Å². The SMILES string of the molecule is COC(=O)c1cc2cccc(OC)c2nc1C(F)(F)F. The smallest absolute Gasteiger partial charge is 0.434 e. The summed E-state index contributed by atoms with van der Waals surface area (Å²) in [6.45, 7) is 0. The predicted molar refractivity (Wildman–Crippen MR) is 64.6 cm³/mol. The molecule has 4 nitrogen and oxygen atoms in total. The standard InChI is InChI=1S/C13H10F3NO3/c1-19-9-5-3-4-7-6-8(12(18)20-2)11(13(14,15)16)17-10(7)9/h3-6H,1-2H3. The molecule has 2 aromatic rings. The highest BCUT2D eigenvalue weighted by Gasteiger charge is 2.38. The van der Waals surface area contributed by atoms with Crippen LogP contribution in [0.3, 0.4) is 0 Å². The Kier molecular flexibility index (Phi) is 3.52. The molecule has 0 saturated heterocycles. The third-order valence-corrected chi connectivity index (χ3v) is 2.70. The Morgan fingerprint density at radius 2 is 1.95 bits per heavy atom. The maximum absolute atomic E-state index is 13.0. The first-order chi connectivity index (χ1) is 9.38. The monoisotopic (exact) mass is 285 g/mol. The first-order valence-electron chi connectivity index (χ1n) is 5.51. The van der Waals surface area contributed by atoms with Crippen LogP contribution < -0.4 is 4.74 Å². The molecule has 1 heterocycles. The van der Waals surface area contributed by atoms with Crippen molar-refractivity contribution >= 4 is 16.9 Å². The average Bonchev–Trinajstić information content (AvgIpc) is 2.43. The van der Waals surface area contributed by atoms with Crippen molar-refractivity contribution < 1.29 is 27.4 Å². The number of aromatic nitrogens is 1. The van der Waals surface area contributed by atoms with Gasteiger partial charge in [-0.2, -0.15) is 13.2 Å². The summed E-state index contributed by atoms with van der Waals surface area (Å²) in [6, 6.07) is 5.72. The van der Waals surface area contributed by atoms with E-state index in [2.05, 4.69) is 9.72 Å². The zero-order chi connectivity index (χ0) is 14.9. The van der Waals surface area contributed by atoms with E-state index in [1.807, 2.05) is 0 Å². The Morgan fingerprint density at radius 1 is 1.25 bits per heavy atom. The number of carbonyl (C=O) groups is 1. The molecule has 0 atom stereocenters. The Bertz CT molecular complexity index is 668. The number of fused-ring (bicyclic) bond motifs is 1. The van der Waals surface area contributed by atoms with Crippen LogP contribution in [0.1, 0.15) is 16.1 Å². The van der Waals surface area contributed by atoms with E-state index in [9.17, 15) is 18.0 Å². The van der Waals surface area contributed by atoms with Crippen LogP contribution in [0.25, 0.3) is 10.9 Å². The van der Waals surface area contributed by atoms with Crippen LogP contribution in [0, 0.1) is 0 Å². The largest absolute Gasteiger partial charge is 0.494 e. The molecule has 0 aliphatic rings. The van der Waals surface area contributed by atoms with Gasteiger partial charge in [-0.15, -0.1) is 0 Å². The van der Waals surface area contributed by atoms with E-state index in [4.69, 9.17) is 4.74 Å². The Balaban J connectivity index is 2.82. The van der Waals surface area contributed by atoms with Gasteiger partial charge in [0.1, 0.15) is 11.3 Å². The van der Waals surface area contributed by atoms with E-state index in [0.29, 0.717) is 5.39 Å². The van der Waals surface area contributed by atoms with Crippen LogP contribution in [-0.2, 0) is 10.9 Å². The molecule has 1 aromatic heterocycles. The van der Waals surface area contributed by atoms with Gasteiger partial charge in [-0.1, -0.05) is 12.1 Å². The summed E-state index contributed by atoms with van der Waals surface area (Å²) < 4.78 is 48.3. The lowest BCUT2D eigenvalue weighted by atomic mass is 10.1. The van der Waals surface area contributed by atoms with Crippen molar-refractivity contribution in [3.63, 3.8) is 0 Å². The van der Waals surface area contributed by atoms with Gasteiger partial charge in [0.2, 0.25) is 0 Å². The van der Waals surface area contributed by atoms with E-state index in [1.54, 1.807) is 6.07 Å². The van der Waals surface area contributed by atoms with Gasteiger partial charge in [-0.25, -0.2) is 9.78 Å². The highest BCUT2D eigenvalue weighted by molar-refractivity contribution is 5.96. The molecule has 0 saturated carbocycles. The number of carbonyl (C=O) groups excluding carboxylic acids is 1. The Morgan fingerprint density at radius 3 is 2.50 bits per heavy atom. The number of methoxy groups -OCH3 is 2. The third-order valence-electron chi connectivity index (χ3n) is 2.70. The fourth-order valence-electron chi connectivity index (χ4n) is 1.82. The van der Waals surface area contributed by atoms with E-state index in [0.717, 1.165) is 13.2 Å². The Hall–Kier alpha value is -2.31. The molecule has 0 amide bonds. The number of halogens is 3. The van der Waals surface area contributed by atoms with Crippen LogP contribution in [0.15, 0.2) is 24.3 Å². The molecule has 20 heavy (non-hydrogen) atoms. The van der Waals surface area contributed by atoms with E-state index < -0.39 is 23.4 Å². The topological polar surface area (TPSA) is 48.4 Å². The number of benzene rings is 1. The van der Waals surface area contributed by atoms with Crippen molar-refractivity contribution in [1.82, 2.24) is 4.98 Å². The molecule has 0 bridgehead atoms. The molecule has 0 fully saturated rings. The summed E-state index contributed by atoms with van der Waals surface area (Å²) in [4.78, 5) is 15.0. The quantitative estimate of drug-likeness (QED) is 0.796. The number of hydrogen-bond donors (Lipinski definition) is 0. The first-order valence-corrected chi connectivity index (χ1v) is 5.51. The van der Waals surface area contributed by atoms with Gasteiger partial charge in [0.15, 0.2) is 5.69 Å². The normalized spacial score (nSPS) is 11.4. The van der Waals surface area contributed by atoms with E-state index in [-0.39, 0.29) is 11.3 Å². The molecular formula is C13H10F3NO3. The second-order valence-corrected chi connectivity index (χ2v) is 3.91. The highest BCUT2D eigenvalue weighted by atomic mass is 19.4. The lowest BCUT2D eigenvalue weighted by Crippen LogP contribution is -2.16. The van der Waals surface area contributed by atoms with Gasteiger partial charge in [0.05, 0.1) is 19.8 Å². The summed E-state index contributed by atoms with van der Waals surface area (Å²) >= 11 is 0. The number of esters is 1. The minimum absolute atomic E-state index is 0.0370. The second-order valence-electron chi connectivity index (χ2n) is 3.91. The van der Waals surface area contributed by atoms with Crippen molar-refractivity contribution in [3.8, 4) is 5.75 Å². The second kappa shape index (κ2) is 4.99. The van der Waals surface area contributed by atoms with Crippen LogP contribution >= 0.6 is 0 Å². The van der Waals surface area contributed by atoms with Gasteiger partial charge < -0.3 is 9.47 Å². The maximum atomic E-state index is 13.0. The number of nitrogens with zero attached hydrogens (tertiary/aromatic N) is 1. The number of pyridine rings is 1. The lowest BCUT2D eigenvalue weighted by molar-refractivity contribution is -0.141. The minimum Gasteiger partial charge on any atom is -0.494 e. The van der Waals surface area contributed by atoms with E-state index in [1.165, 1.54) is 19.2 Å². The molecule has 0 unspecified atom stereocenters. The summed E-state index contributed by atoms with van der Waals surface area (Å²) in [5.41, 5.74) is -1.88. The van der Waals surface area contributed by atoms with Crippen LogP contribution in [0.2, 0.25) is 0 Å². The number of ether oxygens (including phenoxy) is 2. The molecule has 106 valence electrons. The highest BCUT2D eigenvalue weighted by Crippen LogP contribution is 2.34. The summed E-state index contributed by atoms with van der Waals surface area (Å²) in [6.07, 6.45) is -4.77. The number of hydrogen-bond acceptors (Lipinski definition) is 4. The lowest BCUT2D eigenvalue weighted by Gasteiger charge is -2.13. The van der Waals surface area contributed by atoms with E-state index >= 15 is 0 Å². The molecule has 0 spiro atoms. The van der Waals surface area contributed by atoms with Crippen molar-refractivity contribution in [2.75, 3.05) is 14.2 Å². The average molecular weight is 285 g/mol. The van der Waals surface area contributed by atoms with Crippen LogP contribution in [0.4, 0.5) is 13.2 Å². The minimum atomic E-state index is -4.77. The molecule has 2 rings (SSSR count). The molecule has 0 radical (unpaired) electrons. The zero-order valence-electron chi connectivity index (χ0n) is 10.6. The molecule has 7 heteroatoms. The fourth-order valence-corrected chi connectivity index (χ4v) is 1.82. The van der Waals surface area contributed by atoms with Gasteiger partial charge >= 0.3 is 12.1 Å². The number of para-hydroxylation sites is 1. The maximum Gasteiger partial charge on any atom is 0.434 e.